The quantitative estimate of drug-likeness (QED) is 0.246. The smallest absolute Gasteiger partial charge is 0.482 e. The first-order valence-electron chi connectivity index (χ1n) is 16.7. The van der Waals surface area contributed by atoms with Gasteiger partial charge in [-0.1, -0.05) is 26.0 Å². The van der Waals surface area contributed by atoms with E-state index in [0.29, 0.717) is 34.5 Å². The average Bonchev–Trinajstić information content (AvgIpc) is 3.56. The molecule has 1 aromatic heterocycles. The van der Waals surface area contributed by atoms with E-state index in [-0.39, 0.29) is 42.6 Å². The van der Waals surface area contributed by atoms with Crippen LogP contribution in [0.4, 0.5) is 4.79 Å². The van der Waals surface area contributed by atoms with Gasteiger partial charge in [-0.25, -0.2) is 14.6 Å². The number of carbonyl (C=O) groups excluding carboxylic acids is 3. The Morgan fingerprint density at radius 2 is 1.79 bits per heavy atom. The second-order valence-corrected chi connectivity index (χ2v) is 15.9. The molecule has 1 aromatic carbocycles. The fraction of sp³-hybridized carbons (Fsp3) is 0.676. The van der Waals surface area contributed by atoms with E-state index < -0.39 is 41.9 Å². The molecule has 4 aliphatic rings. The van der Waals surface area contributed by atoms with Gasteiger partial charge in [0.05, 0.1) is 37.7 Å². The molecule has 2 bridgehead atoms. The molecule has 14 heteroatoms. The predicted molar refractivity (Wildman–Crippen MR) is 177 cm³/mol. The molecular formula is C34H50BN5O8. The van der Waals surface area contributed by atoms with Crippen molar-refractivity contribution < 1.29 is 37.9 Å². The first-order valence-corrected chi connectivity index (χ1v) is 16.7. The zero-order chi connectivity index (χ0) is 35.2. The SMILES string of the molecule is COc1c(C[C@H](NC(=O)Cc2n[nH]c(CNC(=O)OC(C)(C)C)n2)B2O[C@@H]3C[C@@H]4C[C@@H](C4(C)C)[C@]3(C)O2)cccc1C(=O)OC(C)(C)C. The Morgan fingerprint density at radius 3 is 2.44 bits per heavy atom. The van der Waals surface area contributed by atoms with Crippen LogP contribution >= 0.6 is 0 Å². The van der Waals surface area contributed by atoms with Gasteiger partial charge in [0.15, 0.2) is 5.82 Å². The average molecular weight is 668 g/mol. The molecule has 3 N–H and O–H groups in total. The van der Waals surface area contributed by atoms with Gasteiger partial charge in [-0.05, 0) is 96.6 Å². The normalized spacial score (nSPS) is 25.0. The Kier molecular flexibility index (Phi) is 9.66. The van der Waals surface area contributed by atoms with Gasteiger partial charge in [0.1, 0.15) is 28.3 Å². The number of nitrogens with zero attached hydrogens (tertiary/aromatic N) is 2. The summed E-state index contributed by atoms with van der Waals surface area (Å²) in [6.45, 7) is 17.5. The highest BCUT2D eigenvalue weighted by atomic mass is 16.7. The molecule has 2 aromatic rings. The van der Waals surface area contributed by atoms with Crippen LogP contribution in [-0.2, 0) is 43.0 Å². The van der Waals surface area contributed by atoms with Gasteiger partial charge in [-0.3, -0.25) is 9.89 Å². The summed E-state index contributed by atoms with van der Waals surface area (Å²) in [6.07, 6.45) is 1.44. The van der Waals surface area contributed by atoms with Crippen molar-refractivity contribution in [3.63, 3.8) is 0 Å². The standard InChI is InChI=1S/C34H50BN5O8/c1-31(2,3)45-29(42)21-13-11-12-19(28(21)44-10)14-24(35-47-23-16-20-15-22(33(20,7)8)34(23,9)48-35)37-27(41)17-25-38-26(40-39-25)18-36-30(43)46-32(4,5)6/h11-13,20,22-24H,14-18H2,1-10H3,(H,36,43)(H,37,41)(H,38,39,40)/t20-,22-,23+,24-,34-/m0/s1. The molecule has 6 rings (SSSR count). The number of hydrogen-bond acceptors (Lipinski definition) is 10. The van der Waals surface area contributed by atoms with Crippen LogP contribution in [0.15, 0.2) is 18.2 Å². The Hall–Kier alpha value is -3.65. The molecule has 0 radical (unpaired) electrons. The van der Waals surface area contributed by atoms with Gasteiger partial charge in [-0.15, -0.1) is 0 Å². The number of benzene rings is 1. The molecule has 4 fully saturated rings. The summed E-state index contributed by atoms with van der Waals surface area (Å²) in [7, 11) is 0.765. The third kappa shape index (κ3) is 7.64. The van der Waals surface area contributed by atoms with E-state index in [1.165, 1.54) is 7.11 Å². The van der Waals surface area contributed by atoms with E-state index in [9.17, 15) is 14.4 Å². The maximum atomic E-state index is 13.5. The summed E-state index contributed by atoms with van der Waals surface area (Å²) >= 11 is 0. The largest absolute Gasteiger partial charge is 0.496 e. The lowest BCUT2D eigenvalue weighted by Crippen LogP contribution is -2.65. The number of carbonyl (C=O) groups is 3. The topological polar surface area (TPSA) is 163 Å². The number of methoxy groups -OCH3 is 1. The zero-order valence-corrected chi connectivity index (χ0v) is 29.8. The Balaban J connectivity index is 1.34. The number of rotatable bonds is 10. The van der Waals surface area contributed by atoms with Crippen molar-refractivity contribution in [1.82, 2.24) is 25.8 Å². The number of ether oxygens (including phenoxy) is 3. The van der Waals surface area contributed by atoms with Gasteiger partial charge in [-0.2, -0.15) is 5.10 Å². The Morgan fingerprint density at radius 1 is 1.08 bits per heavy atom. The van der Waals surface area contributed by atoms with E-state index in [1.807, 2.05) is 26.8 Å². The van der Waals surface area contributed by atoms with Crippen LogP contribution in [0.3, 0.4) is 0 Å². The maximum Gasteiger partial charge on any atom is 0.482 e. The molecule has 0 spiro atoms. The molecule has 1 saturated heterocycles. The number of esters is 1. The van der Waals surface area contributed by atoms with Gasteiger partial charge in [0.25, 0.3) is 0 Å². The molecule has 0 unspecified atom stereocenters. The number of para-hydroxylation sites is 1. The van der Waals surface area contributed by atoms with Gasteiger partial charge < -0.3 is 34.2 Å². The number of aromatic nitrogens is 3. The van der Waals surface area contributed by atoms with E-state index in [1.54, 1.807) is 32.9 Å². The van der Waals surface area contributed by atoms with Gasteiger partial charge in [0.2, 0.25) is 5.91 Å². The summed E-state index contributed by atoms with van der Waals surface area (Å²) in [5, 5.41) is 12.7. The van der Waals surface area contributed by atoms with Crippen LogP contribution in [-0.4, -0.2) is 76.2 Å². The molecule has 3 saturated carbocycles. The van der Waals surface area contributed by atoms with Crippen LogP contribution in [0.5, 0.6) is 5.75 Å². The van der Waals surface area contributed by atoms with Gasteiger partial charge in [0, 0.05) is 0 Å². The fourth-order valence-corrected chi connectivity index (χ4v) is 7.37. The highest BCUT2D eigenvalue weighted by Gasteiger charge is 2.68. The summed E-state index contributed by atoms with van der Waals surface area (Å²) in [5.41, 5.74) is -0.684. The van der Waals surface area contributed by atoms with Gasteiger partial charge >= 0.3 is 19.2 Å². The molecule has 2 amide bonds. The third-order valence-corrected chi connectivity index (χ3v) is 9.70. The monoisotopic (exact) mass is 667 g/mol. The molecule has 1 aliphatic heterocycles. The van der Waals surface area contributed by atoms with Crippen molar-refractivity contribution in [2.24, 2.45) is 17.3 Å². The minimum atomic E-state index is -0.741. The van der Waals surface area contributed by atoms with Crippen molar-refractivity contribution in [1.29, 1.82) is 0 Å². The lowest BCUT2D eigenvalue weighted by molar-refractivity contribution is -0.199. The Labute approximate surface area is 283 Å². The summed E-state index contributed by atoms with van der Waals surface area (Å²) in [4.78, 5) is 43.1. The number of hydrogen-bond donors (Lipinski definition) is 3. The molecule has 2 heterocycles. The Bertz CT molecular complexity index is 1530. The number of nitrogens with one attached hydrogen (secondary N) is 3. The predicted octanol–water partition coefficient (Wildman–Crippen LogP) is 4.33. The number of aromatic amines is 1. The van der Waals surface area contributed by atoms with Crippen molar-refractivity contribution in [2.75, 3.05) is 7.11 Å². The van der Waals surface area contributed by atoms with Crippen molar-refractivity contribution >= 4 is 25.1 Å². The highest BCUT2D eigenvalue weighted by molar-refractivity contribution is 6.48. The van der Waals surface area contributed by atoms with Crippen LogP contribution in [0.1, 0.15) is 103 Å². The first-order chi connectivity index (χ1) is 22.3. The van der Waals surface area contributed by atoms with Crippen LogP contribution in [0.25, 0.3) is 0 Å². The van der Waals surface area contributed by atoms with E-state index in [4.69, 9.17) is 23.5 Å². The van der Waals surface area contributed by atoms with Crippen LogP contribution < -0.4 is 15.4 Å². The number of amides is 2. The third-order valence-electron chi connectivity index (χ3n) is 9.70. The lowest BCUT2D eigenvalue weighted by atomic mass is 9.43. The summed E-state index contributed by atoms with van der Waals surface area (Å²) in [5.74, 6) is 0.426. The minimum absolute atomic E-state index is 0.0577. The molecule has 48 heavy (non-hydrogen) atoms. The second-order valence-electron chi connectivity index (χ2n) is 15.9. The minimum Gasteiger partial charge on any atom is -0.496 e. The van der Waals surface area contributed by atoms with Crippen molar-refractivity contribution in [3.05, 3.63) is 41.0 Å². The van der Waals surface area contributed by atoms with Crippen molar-refractivity contribution in [3.8, 4) is 5.75 Å². The van der Waals surface area contributed by atoms with Crippen LogP contribution in [0.2, 0.25) is 0 Å². The first kappa shape index (κ1) is 35.7. The molecular weight excluding hydrogens is 617 g/mol. The van der Waals surface area contributed by atoms with E-state index in [2.05, 4.69) is 46.6 Å². The zero-order valence-electron chi connectivity index (χ0n) is 29.8. The molecule has 5 atom stereocenters. The fourth-order valence-electron chi connectivity index (χ4n) is 7.37. The number of alkyl carbamates (subject to hydrolysis) is 1. The summed E-state index contributed by atoms with van der Waals surface area (Å²) in [6, 6.07) is 5.29. The summed E-state index contributed by atoms with van der Waals surface area (Å²) < 4.78 is 30.0. The van der Waals surface area contributed by atoms with E-state index in [0.717, 1.165) is 12.8 Å². The molecule has 3 aliphatic carbocycles. The van der Waals surface area contributed by atoms with Crippen LogP contribution in [0, 0.1) is 17.3 Å². The second kappa shape index (κ2) is 13.0. The van der Waals surface area contributed by atoms with Crippen molar-refractivity contribution in [2.45, 2.75) is 123 Å². The number of H-pyrrole nitrogens is 1. The lowest BCUT2D eigenvalue weighted by Gasteiger charge is -2.64. The molecule has 262 valence electrons. The van der Waals surface area contributed by atoms with E-state index >= 15 is 0 Å². The maximum absolute atomic E-state index is 13.5. The molecule has 13 nitrogen and oxygen atoms in total. The highest BCUT2D eigenvalue weighted by Crippen LogP contribution is 2.65.